The van der Waals surface area contributed by atoms with Gasteiger partial charge in [-0.3, -0.25) is 9.59 Å². The molecule has 0 radical (unpaired) electrons. The van der Waals surface area contributed by atoms with Gasteiger partial charge in [-0.15, -0.1) is 0 Å². The SMILES string of the molecule is Cc1ccccc1NC(=O)CSc1nc2c(cnn2-c2ccccc2)c(=O)[nH]1. The summed E-state index contributed by atoms with van der Waals surface area (Å²) in [4.78, 5) is 31.8. The number of benzene rings is 2. The van der Waals surface area contributed by atoms with Crippen molar-refractivity contribution in [3.8, 4) is 5.69 Å². The Balaban J connectivity index is 1.55. The molecule has 1 amide bonds. The number of hydrogen-bond acceptors (Lipinski definition) is 5. The van der Waals surface area contributed by atoms with E-state index in [2.05, 4.69) is 20.4 Å². The minimum Gasteiger partial charge on any atom is -0.325 e. The molecule has 7 nitrogen and oxygen atoms in total. The number of carbonyl (C=O) groups excluding carboxylic acids is 1. The van der Waals surface area contributed by atoms with Crippen molar-refractivity contribution in [2.45, 2.75) is 12.1 Å². The maximum atomic E-state index is 12.4. The fraction of sp³-hybridized carbons (Fsp3) is 0.100. The molecular weight excluding hydrogens is 374 g/mol. The summed E-state index contributed by atoms with van der Waals surface area (Å²) in [5, 5.41) is 7.91. The molecule has 28 heavy (non-hydrogen) atoms. The summed E-state index contributed by atoms with van der Waals surface area (Å²) < 4.78 is 1.61. The zero-order valence-electron chi connectivity index (χ0n) is 15.0. The van der Waals surface area contributed by atoms with E-state index in [0.29, 0.717) is 16.2 Å². The van der Waals surface area contributed by atoms with Gasteiger partial charge in [0.1, 0.15) is 5.39 Å². The van der Waals surface area contributed by atoms with Gasteiger partial charge in [0, 0.05) is 5.69 Å². The minimum absolute atomic E-state index is 0.127. The van der Waals surface area contributed by atoms with Crippen LogP contribution < -0.4 is 10.9 Å². The lowest BCUT2D eigenvalue weighted by molar-refractivity contribution is -0.113. The molecule has 2 aromatic heterocycles. The van der Waals surface area contributed by atoms with Gasteiger partial charge < -0.3 is 10.3 Å². The van der Waals surface area contributed by atoms with Crippen molar-refractivity contribution in [3.63, 3.8) is 0 Å². The minimum atomic E-state index is -0.283. The Morgan fingerprint density at radius 1 is 1.14 bits per heavy atom. The predicted octanol–water partition coefficient (Wildman–Crippen LogP) is 3.15. The highest BCUT2D eigenvalue weighted by Crippen LogP contribution is 2.19. The summed E-state index contributed by atoms with van der Waals surface area (Å²) in [6.07, 6.45) is 1.49. The van der Waals surface area contributed by atoms with Gasteiger partial charge in [-0.2, -0.15) is 5.10 Å². The molecule has 0 atom stereocenters. The number of aromatic amines is 1. The number of amides is 1. The Morgan fingerprint density at radius 2 is 1.89 bits per heavy atom. The number of aromatic nitrogens is 4. The van der Waals surface area contributed by atoms with E-state index in [-0.39, 0.29) is 17.2 Å². The number of fused-ring (bicyclic) bond motifs is 1. The second-order valence-corrected chi connectivity index (χ2v) is 7.12. The average Bonchev–Trinajstić information content (AvgIpc) is 3.13. The molecule has 0 aliphatic rings. The van der Waals surface area contributed by atoms with E-state index in [0.717, 1.165) is 16.9 Å². The smallest absolute Gasteiger partial charge is 0.262 e. The zero-order valence-corrected chi connectivity index (χ0v) is 15.9. The van der Waals surface area contributed by atoms with Crippen LogP contribution in [0.2, 0.25) is 0 Å². The van der Waals surface area contributed by atoms with Gasteiger partial charge in [0.2, 0.25) is 5.91 Å². The zero-order chi connectivity index (χ0) is 19.5. The highest BCUT2D eigenvalue weighted by Gasteiger charge is 2.13. The van der Waals surface area contributed by atoms with Crippen LogP contribution in [-0.2, 0) is 4.79 Å². The second kappa shape index (κ2) is 7.69. The summed E-state index contributed by atoms with van der Waals surface area (Å²) in [6.45, 7) is 1.93. The van der Waals surface area contributed by atoms with Crippen molar-refractivity contribution in [2.24, 2.45) is 0 Å². The number of carbonyl (C=O) groups is 1. The second-order valence-electron chi connectivity index (χ2n) is 6.15. The molecule has 0 unspecified atom stereocenters. The lowest BCUT2D eigenvalue weighted by Crippen LogP contribution is -2.16. The number of thioether (sulfide) groups is 1. The molecule has 0 fully saturated rings. The Morgan fingerprint density at radius 3 is 2.68 bits per heavy atom. The van der Waals surface area contributed by atoms with Crippen molar-refractivity contribution in [3.05, 3.63) is 76.7 Å². The molecule has 8 heteroatoms. The first-order valence-electron chi connectivity index (χ1n) is 8.63. The molecule has 0 bridgehead atoms. The Hall–Kier alpha value is -3.39. The number of hydrogen-bond donors (Lipinski definition) is 2. The third-order valence-corrected chi connectivity index (χ3v) is 5.05. The van der Waals surface area contributed by atoms with Gasteiger partial charge in [0.25, 0.3) is 5.56 Å². The third kappa shape index (κ3) is 3.67. The largest absolute Gasteiger partial charge is 0.325 e. The van der Waals surface area contributed by atoms with Crippen LogP contribution in [0.3, 0.4) is 0 Å². The fourth-order valence-corrected chi connectivity index (χ4v) is 3.41. The van der Waals surface area contributed by atoms with Crippen LogP contribution in [0.5, 0.6) is 0 Å². The monoisotopic (exact) mass is 391 g/mol. The summed E-state index contributed by atoms with van der Waals surface area (Å²) >= 11 is 1.17. The van der Waals surface area contributed by atoms with Gasteiger partial charge in [-0.05, 0) is 30.7 Å². The van der Waals surface area contributed by atoms with Crippen molar-refractivity contribution in [1.29, 1.82) is 0 Å². The van der Waals surface area contributed by atoms with E-state index in [1.165, 1.54) is 18.0 Å². The van der Waals surface area contributed by atoms with Crippen LogP contribution in [-0.4, -0.2) is 31.4 Å². The van der Waals surface area contributed by atoms with Crippen molar-refractivity contribution >= 4 is 34.4 Å². The van der Waals surface area contributed by atoms with E-state index in [9.17, 15) is 9.59 Å². The maximum Gasteiger partial charge on any atom is 0.262 e. The summed E-state index contributed by atoms with van der Waals surface area (Å²) in [6, 6.07) is 17.0. The molecule has 0 saturated carbocycles. The number of nitrogens with one attached hydrogen (secondary N) is 2. The van der Waals surface area contributed by atoms with E-state index in [1.54, 1.807) is 4.68 Å². The Labute approximate surface area is 164 Å². The van der Waals surface area contributed by atoms with Gasteiger partial charge in [-0.25, -0.2) is 9.67 Å². The van der Waals surface area contributed by atoms with E-state index < -0.39 is 0 Å². The normalized spacial score (nSPS) is 10.9. The van der Waals surface area contributed by atoms with Crippen molar-refractivity contribution in [1.82, 2.24) is 19.7 Å². The molecule has 2 N–H and O–H groups in total. The summed E-state index contributed by atoms with van der Waals surface area (Å²) in [7, 11) is 0. The highest BCUT2D eigenvalue weighted by atomic mass is 32.2. The molecule has 2 heterocycles. The number of rotatable bonds is 5. The fourth-order valence-electron chi connectivity index (χ4n) is 2.76. The first-order valence-corrected chi connectivity index (χ1v) is 9.62. The van der Waals surface area contributed by atoms with Crippen LogP contribution >= 0.6 is 11.8 Å². The molecule has 0 spiro atoms. The van der Waals surface area contributed by atoms with Crippen LogP contribution in [0, 0.1) is 6.92 Å². The van der Waals surface area contributed by atoms with Crippen LogP contribution in [0.25, 0.3) is 16.7 Å². The lowest BCUT2D eigenvalue weighted by atomic mass is 10.2. The standard InChI is InChI=1S/C20H17N5O2S/c1-13-7-5-6-10-16(13)22-17(26)12-28-20-23-18-15(19(27)24-20)11-21-25(18)14-8-3-2-4-9-14/h2-11H,12H2,1H3,(H,22,26)(H,23,24,27). The Bertz CT molecular complexity index is 1200. The van der Waals surface area contributed by atoms with Gasteiger partial charge >= 0.3 is 0 Å². The van der Waals surface area contributed by atoms with Crippen LogP contribution in [0.15, 0.2) is 70.7 Å². The average molecular weight is 391 g/mol. The summed E-state index contributed by atoms with van der Waals surface area (Å²) in [5.74, 6) is -0.0407. The molecule has 2 aromatic carbocycles. The molecule has 0 aliphatic heterocycles. The number of anilines is 1. The molecular formula is C20H17N5O2S. The first-order chi connectivity index (χ1) is 13.6. The number of aryl methyl sites for hydroxylation is 1. The van der Waals surface area contributed by atoms with Crippen LogP contribution in [0.1, 0.15) is 5.56 Å². The lowest BCUT2D eigenvalue weighted by Gasteiger charge is -2.08. The molecule has 0 saturated heterocycles. The van der Waals surface area contributed by atoms with Gasteiger partial charge in [0.15, 0.2) is 10.8 Å². The molecule has 4 rings (SSSR count). The van der Waals surface area contributed by atoms with Crippen molar-refractivity contribution < 1.29 is 4.79 Å². The molecule has 4 aromatic rings. The molecule has 0 aliphatic carbocycles. The van der Waals surface area contributed by atoms with E-state index in [1.807, 2.05) is 61.5 Å². The Kier molecular flexibility index (Phi) is 4.94. The predicted molar refractivity (Wildman–Crippen MR) is 110 cm³/mol. The quantitative estimate of drug-likeness (QED) is 0.403. The van der Waals surface area contributed by atoms with Crippen LogP contribution in [0.4, 0.5) is 5.69 Å². The van der Waals surface area contributed by atoms with E-state index >= 15 is 0 Å². The highest BCUT2D eigenvalue weighted by molar-refractivity contribution is 7.99. The maximum absolute atomic E-state index is 12.4. The first kappa shape index (κ1) is 18.0. The third-order valence-electron chi connectivity index (χ3n) is 4.18. The number of nitrogens with zero attached hydrogens (tertiary/aromatic N) is 3. The van der Waals surface area contributed by atoms with Crippen molar-refractivity contribution in [2.75, 3.05) is 11.1 Å². The van der Waals surface area contributed by atoms with Gasteiger partial charge in [0.05, 0.1) is 17.6 Å². The molecule has 140 valence electrons. The topological polar surface area (TPSA) is 92.7 Å². The van der Waals surface area contributed by atoms with Gasteiger partial charge in [-0.1, -0.05) is 48.2 Å². The van der Waals surface area contributed by atoms with E-state index in [4.69, 9.17) is 0 Å². The number of H-pyrrole nitrogens is 1. The number of para-hydroxylation sites is 2. The summed E-state index contributed by atoms with van der Waals surface area (Å²) in [5.41, 5.74) is 2.74.